The number of nitrogens with two attached hydrogens (primary N) is 1. The number of rotatable bonds is 5. The SMILES string of the molecule is Cl.NCc1cc(C(=O)NCC2(c3cccc(F)c3)CCCCC2)co1. The van der Waals surface area contributed by atoms with Gasteiger partial charge in [0, 0.05) is 12.0 Å². The molecular formula is C19H24ClFN2O2. The smallest absolute Gasteiger partial charge is 0.254 e. The van der Waals surface area contributed by atoms with Crippen molar-refractivity contribution >= 4 is 18.3 Å². The Morgan fingerprint density at radius 3 is 2.64 bits per heavy atom. The van der Waals surface area contributed by atoms with E-state index in [0.717, 1.165) is 31.2 Å². The summed E-state index contributed by atoms with van der Waals surface area (Å²) in [4.78, 5) is 12.4. The molecule has 1 fully saturated rings. The maximum absolute atomic E-state index is 13.7. The molecule has 1 aromatic heterocycles. The van der Waals surface area contributed by atoms with E-state index in [0.29, 0.717) is 17.9 Å². The monoisotopic (exact) mass is 366 g/mol. The third kappa shape index (κ3) is 4.41. The fourth-order valence-corrected chi connectivity index (χ4v) is 3.57. The van der Waals surface area contributed by atoms with E-state index in [4.69, 9.17) is 10.2 Å². The van der Waals surface area contributed by atoms with Crippen LogP contribution in [0.1, 0.15) is 53.8 Å². The van der Waals surface area contributed by atoms with Crippen LogP contribution >= 0.6 is 12.4 Å². The molecule has 1 heterocycles. The number of carbonyl (C=O) groups excluding carboxylic acids is 1. The number of amides is 1. The molecule has 0 radical (unpaired) electrons. The van der Waals surface area contributed by atoms with Crippen LogP contribution in [0.4, 0.5) is 4.39 Å². The highest BCUT2D eigenvalue weighted by molar-refractivity contribution is 5.94. The average molecular weight is 367 g/mol. The first-order chi connectivity index (χ1) is 11.6. The van der Waals surface area contributed by atoms with Crippen molar-refractivity contribution < 1.29 is 13.6 Å². The van der Waals surface area contributed by atoms with Crippen molar-refractivity contribution in [3.05, 3.63) is 59.3 Å². The van der Waals surface area contributed by atoms with E-state index in [-0.39, 0.29) is 36.1 Å². The molecule has 136 valence electrons. The number of halogens is 2. The lowest BCUT2D eigenvalue weighted by molar-refractivity contribution is 0.0936. The Morgan fingerprint density at radius 1 is 1.24 bits per heavy atom. The zero-order chi connectivity index (χ0) is 17.0. The molecule has 0 atom stereocenters. The fraction of sp³-hybridized carbons (Fsp3) is 0.421. The van der Waals surface area contributed by atoms with Gasteiger partial charge in [0.15, 0.2) is 0 Å². The van der Waals surface area contributed by atoms with E-state index in [1.165, 1.54) is 18.8 Å². The van der Waals surface area contributed by atoms with Crippen LogP contribution in [0.5, 0.6) is 0 Å². The second kappa shape index (κ2) is 8.50. The van der Waals surface area contributed by atoms with Gasteiger partial charge in [-0.15, -0.1) is 12.4 Å². The second-order valence-electron chi connectivity index (χ2n) is 6.54. The van der Waals surface area contributed by atoms with E-state index in [1.807, 2.05) is 6.07 Å². The van der Waals surface area contributed by atoms with Crippen molar-refractivity contribution in [2.45, 2.75) is 44.1 Å². The molecule has 2 aromatic rings. The van der Waals surface area contributed by atoms with Gasteiger partial charge in [0.2, 0.25) is 0 Å². The van der Waals surface area contributed by atoms with Gasteiger partial charge < -0.3 is 15.5 Å². The van der Waals surface area contributed by atoms with Gasteiger partial charge in [0.25, 0.3) is 5.91 Å². The van der Waals surface area contributed by atoms with Crippen LogP contribution in [-0.2, 0) is 12.0 Å². The lowest BCUT2D eigenvalue weighted by Gasteiger charge is -2.38. The Morgan fingerprint density at radius 2 is 2.00 bits per heavy atom. The topological polar surface area (TPSA) is 68.3 Å². The molecule has 1 aromatic carbocycles. The quantitative estimate of drug-likeness (QED) is 0.842. The summed E-state index contributed by atoms with van der Waals surface area (Å²) in [5.41, 5.74) is 6.75. The number of hydrogen-bond acceptors (Lipinski definition) is 3. The molecule has 0 spiro atoms. The summed E-state index contributed by atoms with van der Waals surface area (Å²) in [7, 11) is 0. The highest BCUT2D eigenvalue weighted by Gasteiger charge is 2.34. The van der Waals surface area contributed by atoms with Gasteiger partial charge in [-0.1, -0.05) is 31.4 Å². The van der Waals surface area contributed by atoms with Gasteiger partial charge >= 0.3 is 0 Å². The van der Waals surface area contributed by atoms with Crippen LogP contribution in [0.15, 0.2) is 41.0 Å². The maximum atomic E-state index is 13.7. The highest BCUT2D eigenvalue weighted by atomic mass is 35.5. The number of nitrogens with one attached hydrogen (secondary N) is 1. The largest absolute Gasteiger partial charge is 0.467 e. The van der Waals surface area contributed by atoms with Crippen LogP contribution in [0.3, 0.4) is 0 Å². The third-order valence-electron chi connectivity index (χ3n) is 4.95. The molecule has 4 nitrogen and oxygen atoms in total. The summed E-state index contributed by atoms with van der Waals surface area (Å²) >= 11 is 0. The van der Waals surface area contributed by atoms with Crippen LogP contribution in [0.25, 0.3) is 0 Å². The normalized spacial score (nSPS) is 16.1. The first-order valence-electron chi connectivity index (χ1n) is 8.45. The zero-order valence-electron chi connectivity index (χ0n) is 14.1. The Kier molecular flexibility index (Phi) is 6.62. The Hall–Kier alpha value is -1.85. The minimum Gasteiger partial charge on any atom is -0.467 e. The summed E-state index contributed by atoms with van der Waals surface area (Å²) in [5.74, 6) is 0.170. The Balaban J connectivity index is 0.00000225. The van der Waals surface area contributed by atoms with Crippen LogP contribution < -0.4 is 11.1 Å². The molecule has 0 bridgehead atoms. The van der Waals surface area contributed by atoms with Crippen molar-refractivity contribution in [2.75, 3.05) is 6.54 Å². The molecule has 0 aliphatic heterocycles. The molecular weight excluding hydrogens is 343 g/mol. The van der Waals surface area contributed by atoms with Crippen molar-refractivity contribution in [1.29, 1.82) is 0 Å². The minimum absolute atomic E-state index is 0. The molecule has 1 aliphatic carbocycles. The molecule has 0 saturated heterocycles. The van der Waals surface area contributed by atoms with Crippen molar-refractivity contribution in [2.24, 2.45) is 5.73 Å². The number of carbonyl (C=O) groups is 1. The van der Waals surface area contributed by atoms with Crippen molar-refractivity contribution in [1.82, 2.24) is 5.32 Å². The number of hydrogen-bond donors (Lipinski definition) is 2. The molecule has 1 saturated carbocycles. The lowest BCUT2D eigenvalue weighted by Crippen LogP contribution is -2.42. The van der Waals surface area contributed by atoms with Crippen LogP contribution in [0.2, 0.25) is 0 Å². The van der Waals surface area contributed by atoms with Gasteiger partial charge in [-0.25, -0.2) is 4.39 Å². The van der Waals surface area contributed by atoms with E-state index in [2.05, 4.69) is 5.32 Å². The van der Waals surface area contributed by atoms with Crippen molar-refractivity contribution in [3.8, 4) is 0 Å². The minimum atomic E-state index is -0.230. The first kappa shape index (κ1) is 19.5. The third-order valence-corrected chi connectivity index (χ3v) is 4.95. The standard InChI is InChI=1S/C19H23FN2O2.ClH/c20-16-6-4-5-15(10-16)19(7-2-1-3-8-19)13-22-18(23)14-9-17(11-21)24-12-14;/h4-6,9-10,12H,1-3,7-8,11,13,21H2,(H,22,23);1H. The summed E-state index contributed by atoms with van der Waals surface area (Å²) in [5, 5.41) is 3.00. The average Bonchev–Trinajstić information content (AvgIpc) is 3.10. The van der Waals surface area contributed by atoms with E-state index < -0.39 is 0 Å². The Labute approximate surface area is 153 Å². The molecule has 6 heteroatoms. The molecule has 3 N–H and O–H groups in total. The van der Waals surface area contributed by atoms with Gasteiger partial charge in [-0.3, -0.25) is 4.79 Å². The van der Waals surface area contributed by atoms with E-state index in [1.54, 1.807) is 18.2 Å². The number of benzene rings is 1. The van der Waals surface area contributed by atoms with Gasteiger partial charge in [0.1, 0.15) is 17.8 Å². The highest BCUT2D eigenvalue weighted by Crippen LogP contribution is 2.39. The number of furan rings is 1. The molecule has 25 heavy (non-hydrogen) atoms. The van der Waals surface area contributed by atoms with Gasteiger partial charge in [0.05, 0.1) is 12.1 Å². The lowest BCUT2D eigenvalue weighted by atomic mass is 9.69. The predicted octanol–water partition coefficient (Wildman–Crippen LogP) is 3.93. The molecule has 1 amide bonds. The summed E-state index contributed by atoms with van der Waals surface area (Å²) in [6.45, 7) is 0.763. The second-order valence-corrected chi connectivity index (χ2v) is 6.54. The summed E-state index contributed by atoms with van der Waals surface area (Å²) < 4.78 is 18.9. The Bertz CT molecular complexity index is 711. The molecule has 1 aliphatic rings. The summed E-state index contributed by atoms with van der Waals surface area (Å²) in [6, 6.07) is 8.42. The predicted molar refractivity (Wildman–Crippen MR) is 97.3 cm³/mol. The van der Waals surface area contributed by atoms with Crippen molar-refractivity contribution in [3.63, 3.8) is 0 Å². The van der Waals surface area contributed by atoms with E-state index in [9.17, 15) is 9.18 Å². The van der Waals surface area contributed by atoms with Gasteiger partial charge in [-0.05, 0) is 36.6 Å². The molecule has 0 unspecified atom stereocenters. The summed E-state index contributed by atoms with van der Waals surface area (Å²) in [6.07, 6.45) is 6.71. The molecule has 3 rings (SSSR count). The van der Waals surface area contributed by atoms with Gasteiger partial charge in [-0.2, -0.15) is 0 Å². The van der Waals surface area contributed by atoms with Crippen LogP contribution in [0, 0.1) is 5.82 Å². The van der Waals surface area contributed by atoms with E-state index >= 15 is 0 Å². The maximum Gasteiger partial charge on any atom is 0.254 e. The zero-order valence-corrected chi connectivity index (χ0v) is 14.9. The first-order valence-corrected chi connectivity index (χ1v) is 8.45. The van der Waals surface area contributed by atoms with Crippen LogP contribution in [-0.4, -0.2) is 12.5 Å². The fourth-order valence-electron chi connectivity index (χ4n) is 3.57.